The molecule has 13 heteroatoms. The molecule has 1 aliphatic rings. The molecule has 2 aromatic heterocycles. The van der Waals surface area contributed by atoms with E-state index < -0.39 is 42.7 Å². The van der Waals surface area contributed by atoms with Gasteiger partial charge in [-0.1, -0.05) is 11.8 Å². The monoisotopic (exact) mass is 435 g/mol. The van der Waals surface area contributed by atoms with Gasteiger partial charge in [0.15, 0.2) is 22.5 Å². The molecular formula is C17H17N5O7S. The summed E-state index contributed by atoms with van der Waals surface area (Å²) in [7, 11) is 0. The number of carbonyl (C=O) groups is 1. The number of carboxylic acids is 1. The van der Waals surface area contributed by atoms with Crippen LogP contribution in [0.15, 0.2) is 39.1 Å². The van der Waals surface area contributed by atoms with Crippen LogP contribution in [0.1, 0.15) is 16.6 Å². The first kappa shape index (κ1) is 20.3. The lowest BCUT2D eigenvalue weighted by atomic mass is 10.1. The van der Waals surface area contributed by atoms with E-state index in [9.17, 15) is 24.9 Å². The lowest BCUT2D eigenvalue weighted by molar-refractivity contribution is -0.0548. The van der Waals surface area contributed by atoms with E-state index in [2.05, 4.69) is 15.0 Å². The van der Waals surface area contributed by atoms with E-state index in [0.717, 1.165) is 11.8 Å². The van der Waals surface area contributed by atoms with Crippen molar-refractivity contribution in [2.24, 2.45) is 0 Å². The van der Waals surface area contributed by atoms with Gasteiger partial charge in [-0.2, -0.15) is 4.98 Å². The number of H-pyrrole nitrogens is 1. The van der Waals surface area contributed by atoms with Crippen molar-refractivity contribution >= 4 is 34.8 Å². The third-order valence-corrected chi connectivity index (χ3v) is 5.60. The van der Waals surface area contributed by atoms with Crippen LogP contribution in [0, 0.1) is 0 Å². The Morgan fingerprint density at radius 3 is 2.53 bits per heavy atom. The van der Waals surface area contributed by atoms with Crippen LogP contribution in [-0.2, 0) is 4.74 Å². The van der Waals surface area contributed by atoms with E-state index in [1.165, 1.54) is 16.7 Å². The number of carboxylic acid groups (broad SMARTS) is 1. The van der Waals surface area contributed by atoms with Gasteiger partial charge in [0.05, 0.1) is 12.2 Å². The third kappa shape index (κ3) is 3.42. The Morgan fingerprint density at radius 1 is 1.23 bits per heavy atom. The Morgan fingerprint density at radius 2 is 1.93 bits per heavy atom. The molecule has 3 aromatic rings. The van der Waals surface area contributed by atoms with Crippen LogP contribution in [0.4, 0.5) is 5.95 Å². The van der Waals surface area contributed by atoms with Gasteiger partial charge in [0.2, 0.25) is 5.95 Å². The fourth-order valence-electron chi connectivity index (χ4n) is 3.15. The number of aliphatic hydroxyl groups excluding tert-OH is 3. The van der Waals surface area contributed by atoms with Gasteiger partial charge in [0.25, 0.3) is 5.56 Å². The highest BCUT2D eigenvalue weighted by molar-refractivity contribution is 7.99. The molecular weight excluding hydrogens is 418 g/mol. The van der Waals surface area contributed by atoms with Crippen LogP contribution in [-0.4, -0.2) is 70.8 Å². The van der Waals surface area contributed by atoms with Crippen LogP contribution in [0.25, 0.3) is 11.2 Å². The number of nitrogen functional groups attached to an aromatic ring is 1. The number of aromatic carboxylic acids is 1. The molecule has 0 aliphatic carbocycles. The van der Waals surface area contributed by atoms with Gasteiger partial charge in [0.1, 0.15) is 18.3 Å². The van der Waals surface area contributed by atoms with Crippen LogP contribution < -0.4 is 11.3 Å². The molecule has 0 bridgehead atoms. The Balaban J connectivity index is 1.83. The van der Waals surface area contributed by atoms with Crippen molar-refractivity contribution in [1.82, 2.24) is 19.5 Å². The first-order valence-electron chi connectivity index (χ1n) is 8.71. The fourth-order valence-corrected chi connectivity index (χ4v) is 4.06. The van der Waals surface area contributed by atoms with Crippen molar-refractivity contribution in [3.8, 4) is 0 Å². The van der Waals surface area contributed by atoms with E-state index in [-0.39, 0.29) is 27.8 Å². The number of rotatable bonds is 5. The number of aliphatic hydroxyl groups is 3. The van der Waals surface area contributed by atoms with Crippen molar-refractivity contribution in [2.75, 3.05) is 12.3 Å². The minimum Gasteiger partial charge on any atom is -0.478 e. The molecule has 0 spiro atoms. The molecule has 158 valence electrons. The zero-order chi connectivity index (χ0) is 21.6. The zero-order valence-corrected chi connectivity index (χ0v) is 16.0. The second-order valence-electron chi connectivity index (χ2n) is 6.55. The standard InChI is InChI=1S/C17H17N5O7S/c18-16-20-12-9(13(26)21-16)19-17(30-7-3-1-6(2-4-7)15(27)28)22(12)14-11(25)10(24)8(5-23)29-14/h1-4,8,10-11,14,23-25H,5H2,(H,27,28)(H3,18,20,21,26)/t8-,10-,11-,14-/m1/s1. The van der Waals surface area contributed by atoms with Gasteiger partial charge < -0.3 is 30.9 Å². The van der Waals surface area contributed by atoms with Crippen LogP contribution >= 0.6 is 11.8 Å². The Bertz CT molecular complexity index is 1160. The number of nitrogens with one attached hydrogen (secondary N) is 1. The third-order valence-electron chi connectivity index (χ3n) is 4.62. The molecule has 3 heterocycles. The molecule has 0 saturated carbocycles. The average Bonchev–Trinajstić information content (AvgIpc) is 3.19. The average molecular weight is 435 g/mol. The lowest BCUT2D eigenvalue weighted by Crippen LogP contribution is -2.33. The van der Waals surface area contributed by atoms with Crippen molar-refractivity contribution in [2.45, 2.75) is 34.6 Å². The zero-order valence-electron chi connectivity index (χ0n) is 15.2. The fraction of sp³-hybridized carbons (Fsp3) is 0.294. The van der Waals surface area contributed by atoms with Crippen LogP contribution in [0.3, 0.4) is 0 Å². The minimum atomic E-state index is -1.43. The number of nitrogens with two attached hydrogens (primary N) is 1. The molecule has 1 saturated heterocycles. The maximum absolute atomic E-state index is 12.3. The van der Waals surface area contributed by atoms with Gasteiger partial charge in [0, 0.05) is 4.90 Å². The number of aromatic nitrogens is 4. The number of ether oxygens (including phenoxy) is 1. The normalized spacial score (nSPS) is 23.8. The molecule has 0 amide bonds. The smallest absolute Gasteiger partial charge is 0.335 e. The summed E-state index contributed by atoms with van der Waals surface area (Å²) in [4.78, 5) is 34.6. The first-order valence-corrected chi connectivity index (χ1v) is 9.53. The molecule has 1 fully saturated rings. The van der Waals surface area contributed by atoms with E-state index in [1.807, 2.05) is 0 Å². The number of fused-ring (bicyclic) bond motifs is 1. The molecule has 1 aliphatic heterocycles. The highest BCUT2D eigenvalue weighted by Gasteiger charge is 2.45. The van der Waals surface area contributed by atoms with Crippen molar-refractivity contribution in [1.29, 1.82) is 0 Å². The minimum absolute atomic E-state index is 0.0238. The van der Waals surface area contributed by atoms with E-state index in [4.69, 9.17) is 15.6 Å². The predicted octanol–water partition coefficient (Wildman–Crippen LogP) is -0.837. The number of hydrogen-bond donors (Lipinski definition) is 6. The molecule has 12 nitrogen and oxygen atoms in total. The molecule has 30 heavy (non-hydrogen) atoms. The van der Waals surface area contributed by atoms with Crippen LogP contribution in [0.2, 0.25) is 0 Å². The Kier molecular flexibility index (Phi) is 5.21. The highest BCUT2D eigenvalue weighted by atomic mass is 32.2. The summed E-state index contributed by atoms with van der Waals surface area (Å²) in [5.74, 6) is -1.25. The topological polar surface area (TPSA) is 197 Å². The molecule has 4 atom stereocenters. The van der Waals surface area contributed by atoms with Crippen molar-refractivity contribution in [3.05, 3.63) is 40.2 Å². The molecule has 0 radical (unpaired) electrons. The quantitative estimate of drug-likeness (QED) is 0.292. The number of imidazole rings is 1. The second-order valence-corrected chi connectivity index (χ2v) is 7.59. The van der Waals surface area contributed by atoms with Gasteiger partial charge in [-0.05, 0) is 24.3 Å². The largest absolute Gasteiger partial charge is 0.478 e. The Labute approximate surface area is 172 Å². The lowest BCUT2D eigenvalue weighted by Gasteiger charge is -2.19. The maximum atomic E-state index is 12.3. The van der Waals surface area contributed by atoms with E-state index >= 15 is 0 Å². The summed E-state index contributed by atoms with van der Waals surface area (Å²) >= 11 is 1.06. The van der Waals surface area contributed by atoms with E-state index in [1.54, 1.807) is 12.1 Å². The predicted molar refractivity (Wildman–Crippen MR) is 103 cm³/mol. The number of aromatic amines is 1. The Hall–Kier alpha value is -2.97. The SMILES string of the molecule is Nc1nc2c(nc(Sc3ccc(C(=O)O)cc3)n2[C@@H]2O[C@H](CO)[C@@H](O)[C@H]2O)c(=O)[nH]1. The summed E-state index contributed by atoms with van der Waals surface area (Å²) in [5, 5.41) is 39.2. The second kappa shape index (κ2) is 7.70. The molecule has 1 aromatic carbocycles. The van der Waals surface area contributed by atoms with E-state index in [0.29, 0.717) is 4.90 Å². The summed E-state index contributed by atoms with van der Waals surface area (Å²) in [6, 6.07) is 5.93. The highest BCUT2D eigenvalue weighted by Crippen LogP contribution is 2.37. The van der Waals surface area contributed by atoms with Crippen molar-refractivity contribution in [3.63, 3.8) is 0 Å². The van der Waals surface area contributed by atoms with Gasteiger partial charge in [-0.25, -0.2) is 9.78 Å². The number of hydrogen-bond acceptors (Lipinski definition) is 10. The number of anilines is 1. The summed E-state index contributed by atoms with van der Waals surface area (Å²) in [6.45, 7) is -0.531. The van der Waals surface area contributed by atoms with Gasteiger partial charge in [-0.15, -0.1) is 0 Å². The molecule has 0 unspecified atom stereocenters. The van der Waals surface area contributed by atoms with Gasteiger partial charge in [-0.3, -0.25) is 14.3 Å². The van der Waals surface area contributed by atoms with Crippen molar-refractivity contribution < 1.29 is 30.0 Å². The maximum Gasteiger partial charge on any atom is 0.335 e. The van der Waals surface area contributed by atoms with Gasteiger partial charge >= 0.3 is 5.97 Å². The summed E-state index contributed by atoms with van der Waals surface area (Å²) < 4.78 is 6.90. The molecule has 7 N–H and O–H groups in total. The van der Waals surface area contributed by atoms with Crippen LogP contribution in [0.5, 0.6) is 0 Å². The summed E-state index contributed by atoms with van der Waals surface area (Å²) in [5.41, 5.74) is 5.11. The number of benzene rings is 1. The first-order chi connectivity index (χ1) is 14.3. The summed E-state index contributed by atoms with van der Waals surface area (Å²) in [6.07, 6.45) is -5.05. The number of nitrogens with zero attached hydrogens (tertiary/aromatic N) is 3. The molecule has 4 rings (SSSR count).